The van der Waals surface area contributed by atoms with Gasteiger partial charge in [0.05, 0.1) is 6.04 Å². The Hall–Kier alpha value is -1.78. The molecular formula is C17H16Cl2FNO2. The number of halogens is 3. The van der Waals surface area contributed by atoms with Crippen molar-refractivity contribution in [2.75, 3.05) is 0 Å². The molecule has 0 fully saturated rings. The normalized spacial score (nSPS) is 13.3. The molecule has 0 bridgehead atoms. The van der Waals surface area contributed by atoms with Crippen molar-refractivity contribution in [1.82, 2.24) is 5.32 Å². The van der Waals surface area contributed by atoms with Crippen LogP contribution in [0.25, 0.3) is 0 Å². The molecule has 1 N–H and O–H groups in total. The fourth-order valence-electron chi connectivity index (χ4n) is 2.05. The maximum Gasteiger partial charge on any atom is 0.261 e. The highest BCUT2D eigenvalue weighted by molar-refractivity contribution is 6.35. The van der Waals surface area contributed by atoms with Crippen LogP contribution in [-0.4, -0.2) is 12.0 Å². The summed E-state index contributed by atoms with van der Waals surface area (Å²) in [6, 6.07) is 10.7. The lowest BCUT2D eigenvalue weighted by Crippen LogP contribution is -2.38. The van der Waals surface area contributed by atoms with E-state index in [1.54, 1.807) is 44.2 Å². The molecule has 0 aliphatic rings. The summed E-state index contributed by atoms with van der Waals surface area (Å²) in [4.78, 5) is 12.2. The van der Waals surface area contributed by atoms with Gasteiger partial charge in [0.15, 0.2) is 17.7 Å². The number of carbonyl (C=O) groups excluding carboxylic acids is 1. The lowest BCUT2D eigenvalue weighted by atomic mass is 10.1. The van der Waals surface area contributed by atoms with Crippen LogP contribution in [0.5, 0.6) is 5.75 Å². The first kappa shape index (κ1) is 17.6. The van der Waals surface area contributed by atoms with Gasteiger partial charge in [0.25, 0.3) is 5.91 Å². The molecule has 0 aromatic heterocycles. The predicted octanol–water partition coefficient (Wildman–Crippen LogP) is 4.78. The molecular weight excluding hydrogens is 340 g/mol. The molecule has 0 heterocycles. The van der Waals surface area contributed by atoms with Gasteiger partial charge in [0.2, 0.25) is 0 Å². The van der Waals surface area contributed by atoms with Crippen molar-refractivity contribution in [1.29, 1.82) is 0 Å². The zero-order chi connectivity index (χ0) is 17.0. The topological polar surface area (TPSA) is 38.3 Å². The summed E-state index contributed by atoms with van der Waals surface area (Å²) in [6.07, 6.45) is -0.847. The summed E-state index contributed by atoms with van der Waals surface area (Å²) in [5, 5.41) is 3.77. The number of hydrogen-bond acceptors (Lipinski definition) is 2. The highest BCUT2D eigenvalue weighted by Gasteiger charge is 2.20. The van der Waals surface area contributed by atoms with Crippen LogP contribution in [0.4, 0.5) is 4.39 Å². The average Bonchev–Trinajstić information content (AvgIpc) is 2.49. The molecule has 23 heavy (non-hydrogen) atoms. The lowest BCUT2D eigenvalue weighted by molar-refractivity contribution is -0.128. The summed E-state index contributed by atoms with van der Waals surface area (Å²) in [5.41, 5.74) is 0.738. The third-order valence-corrected chi connectivity index (χ3v) is 3.86. The number of rotatable bonds is 5. The smallest absolute Gasteiger partial charge is 0.261 e. The van der Waals surface area contributed by atoms with Gasteiger partial charge in [-0.05, 0) is 43.7 Å². The van der Waals surface area contributed by atoms with Gasteiger partial charge in [-0.15, -0.1) is 0 Å². The van der Waals surface area contributed by atoms with Crippen molar-refractivity contribution >= 4 is 29.1 Å². The Morgan fingerprint density at radius 2 is 1.87 bits per heavy atom. The van der Waals surface area contributed by atoms with E-state index in [2.05, 4.69) is 5.32 Å². The molecule has 3 nitrogen and oxygen atoms in total. The summed E-state index contributed by atoms with van der Waals surface area (Å²) in [6.45, 7) is 3.35. The van der Waals surface area contributed by atoms with Crippen molar-refractivity contribution in [2.45, 2.75) is 26.0 Å². The summed E-state index contributed by atoms with van der Waals surface area (Å²) < 4.78 is 18.9. The van der Waals surface area contributed by atoms with Crippen molar-refractivity contribution in [2.24, 2.45) is 0 Å². The van der Waals surface area contributed by atoms with Crippen LogP contribution in [0.2, 0.25) is 10.0 Å². The number of hydrogen-bond donors (Lipinski definition) is 1. The van der Waals surface area contributed by atoms with E-state index in [0.29, 0.717) is 10.0 Å². The van der Waals surface area contributed by atoms with Gasteiger partial charge < -0.3 is 10.1 Å². The van der Waals surface area contributed by atoms with Crippen molar-refractivity contribution in [3.8, 4) is 5.75 Å². The van der Waals surface area contributed by atoms with Crippen LogP contribution >= 0.6 is 23.2 Å². The van der Waals surface area contributed by atoms with Gasteiger partial charge in [-0.1, -0.05) is 41.4 Å². The molecule has 0 spiro atoms. The Labute approximate surface area is 144 Å². The summed E-state index contributed by atoms with van der Waals surface area (Å²) in [5.74, 6) is -0.847. The second-order valence-electron chi connectivity index (χ2n) is 5.09. The zero-order valence-electron chi connectivity index (χ0n) is 12.6. The minimum Gasteiger partial charge on any atom is -0.478 e. The van der Waals surface area contributed by atoms with E-state index in [9.17, 15) is 9.18 Å². The maximum atomic E-state index is 13.5. The van der Waals surface area contributed by atoms with Gasteiger partial charge in [0.1, 0.15) is 0 Å². The third kappa shape index (κ3) is 4.60. The molecule has 2 aromatic carbocycles. The Balaban J connectivity index is 2.01. The van der Waals surface area contributed by atoms with Crippen LogP contribution in [0.1, 0.15) is 25.5 Å². The number of benzene rings is 2. The number of amides is 1. The molecule has 122 valence electrons. The Bertz CT molecular complexity index is 709. The third-order valence-electron chi connectivity index (χ3n) is 3.30. The Kier molecular flexibility index (Phi) is 5.85. The quantitative estimate of drug-likeness (QED) is 0.838. The molecule has 2 atom stereocenters. The average molecular weight is 356 g/mol. The number of nitrogens with one attached hydrogen (secondary N) is 1. The molecule has 2 aromatic rings. The fourth-order valence-corrected chi connectivity index (χ4v) is 2.62. The molecule has 0 unspecified atom stereocenters. The van der Waals surface area contributed by atoms with Gasteiger partial charge in [-0.2, -0.15) is 0 Å². The number of ether oxygens (including phenoxy) is 1. The van der Waals surface area contributed by atoms with Gasteiger partial charge >= 0.3 is 0 Å². The van der Waals surface area contributed by atoms with E-state index < -0.39 is 11.9 Å². The molecule has 0 saturated heterocycles. The first-order valence-corrected chi connectivity index (χ1v) is 7.80. The van der Waals surface area contributed by atoms with Crippen LogP contribution in [0.15, 0.2) is 42.5 Å². The molecule has 0 aliphatic carbocycles. The standard InChI is InChI=1S/C17H16Cl2FNO2/c1-10(13-8-7-12(18)9-14(13)19)21-17(22)11(2)23-16-6-4-3-5-15(16)20/h3-11H,1-2H3,(H,21,22)/t10-,11+/m1/s1. The van der Waals surface area contributed by atoms with Crippen LogP contribution in [0, 0.1) is 5.82 Å². The van der Waals surface area contributed by atoms with E-state index in [-0.39, 0.29) is 17.7 Å². The SMILES string of the molecule is C[C@H](Oc1ccccc1F)C(=O)N[C@H](C)c1ccc(Cl)cc1Cl. The van der Waals surface area contributed by atoms with Crippen molar-refractivity contribution in [3.05, 3.63) is 63.9 Å². The first-order chi connectivity index (χ1) is 10.9. The van der Waals surface area contributed by atoms with E-state index >= 15 is 0 Å². The highest BCUT2D eigenvalue weighted by Crippen LogP contribution is 2.26. The molecule has 0 aliphatic heterocycles. The van der Waals surface area contributed by atoms with E-state index in [4.69, 9.17) is 27.9 Å². The van der Waals surface area contributed by atoms with Gasteiger partial charge in [0, 0.05) is 10.0 Å². The van der Waals surface area contributed by atoms with Gasteiger partial charge in [-0.25, -0.2) is 4.39 Å². The summed E-state index contributed by atoms with van der Waals surface area (Å²) in [7, 11) is 0. The number of carbonyl (C=O) groups is 1. The fraction of sp³-hybridized carbons (Fsp3) is 0.235. The second-order valence-corrected chi connectivity index (χ2v) is 5.93. The maximum absolute atomic E-state index is 13.5. The van der Waals surface area contributed by atoms with Crippen LogP contribution < -0.4 is 10.1 Å². The summed E-state index contributed by atoms with van der Waals surface area (Å²) >= 11 is 12.0. The molecule has 0 radical (unpaired) electrons. The Morgan fingerprint density at radius 3 is 2.52 bits per heavy atom. The lowest BCUT2D eigenvalue weighted by Gasteiger charge is -2.20. The van der Waals surface area contributed by atoms with Crippen LogP contribution in [0.3, 0.4) is 0 Å². The van der Waals surface area contributed by atoms with E-state index in [1.807, 2.05) is 0 Å². The zero-order valence-corrected chi connectivity index (χ0v) is 14.2. The van der Waals surface area contributed by atoms with Crippen LogP contribution in [-0.2, 0) is 4.79 Å². The molecule has 6 heteroatoms. The van der Waals surface area contributed by atoms with E-state index in [0.717, 1.165) is 5.56 Å². The highest BCUT2D eigenvalue weighted by atomic mass is 35.5. The minimum absolute atomic E-state index is 0.0346. The van der Waals surface area contributed by atoms with Crippen molar-refractivity contribution < 1.29 is 13.9 Å². The minimum atomic E-state index is -0.847. The molecule has 2 rings (SSSR count). The number of para-hydroxylation sites is 1. The van der Waals surface area contributed by atoms with Crippen molar-refractivity contribution in [3.63, 3.8) is 0 Å². The first-order valence-electron chi connectivity index (χ1n) is 7.05. The molecule has 0 saturated carbocycles. The monoisotopic (exact) mass is 355 g/mol. The predicted molar refractivity (Wildman–Crippen MR) is 89.5 cm³/mol. The largest absolute Gasteiger partial charge is 0.478 e. The second kappa shape index (κ2) is 7.66. The molecule has 1 amide bonds. The van der Waals surface area contributed by atoms with E-state index in [1.165, 1.54) is 12.1 Å². The van der Waals surface area contributed by atoms with Gasteiger partial charge in [-0.3, -0.25) is 4.79 Å². The Morgan fingerprint density at radius 1 is 1.17 bits per heavy atom.